The third-order valence-corrected chi connectivity index (χ3v) is 4.63. The summed E-state index contributed by atoms with van der Waals surface area (Å²) in [4.78, 5) is 27.2. The summed E-state index contributed by atoms with van der Waals surface area (Å²) in [6.45, 7) is 3.07. The molecule has 3 rings (SSSR count). The quantitative estimate of drug-likeness (QED) is 0.677. The fourth-order valence-electron chi connectivity index (χ4n) is 2.43. The van der Waals surface area contributed by atoms with Crippen LogP contribution < -0.4 is 16.0 Å². The Morgan fingerprint density at radius 1 is 1.30 bits per heavy atom. The molecule has 120 valence electrons. The Morgan fingerprint density at radius 3 is 2.83 bits per heavy atom. The van der Waals surface area contributed by atoms with Gasteiger partial charge in [-0.05, 0) is 13.0 Å². The lowest BCUT2D eigenvalue weighted by molar-refractivity contribution is 0.0985. The van der Waals surface area contributed by atoms with Crippen molar-refractivity contribution in [2.75, 3.05) is 19.8 Å². The number of ether oxygens (including phenoxy) is 2. The summed E-state index contributed by atoms with van der Waals surface area (Å²) in [6.07, 6.45) is 0. The molecule has 0 radical (unpaired) electrons. The van der Waals surface area contributed by atoms with Crippen LogP contribution in [0, 0.1) is 0 Å². The highest BCUT2D eigenvalue weighted by Crippen LogP contribution is 2.38. The Bertz CT molecular complexity index is 929. The molecule has 1 amide bonds. The first kappa shape index (κ1) is 15.5. The van der Waals surface area contributed by atoms with E-state index >= 15 is 0 Å². The van der Waals surface area contributed by atoms with Gasteiger partial charge in [0.15, 0.2) is 5.75 Å². The summed E-state index contributed by atoms with van der Waals surface area (Å²) in [5.74, 6) is -0.370. The number of H-pyrrole nitrogens is 1. The van der Waals surface area contributed by atoms with E-state index in [1.54, 1.807) is 0 Å². The summed E-state index contributed by atoms with van der Waals surface area (Å²) < 4.78 is 11.6. The van der Waals surface area contributed by atoms with Gasteiger partial charge in [0.2, 0.25) is 0 Å². The molecule has 1 aromatic carbocycles. The molecule has 0 aliphatic carbocycles. The molecule has 0 spiro atoms. The van der Waals surface area contributed by atoms with Gasteiger partial charge in [-0.2, -0.15) is 0 Å². The summed E-state index contributed by atoms with van der Waals surface area (Å²) in [5, 5.41) is 1.22. The Balaban J connectivity index is 2.20. The van der Waals surface area contributed by atoms with Crippen molar-refractivity contribution in [3.8, 4) is 5.75 Å². The monoisotopic (exact) mass is 332 g/mol. The number of pyridine rings is 1. The minimum atomic E-state index is -0.610. The van der Waals surface area contributed by atoms with Gasteiger partial charge >= 0.3 is 0 Å². The SMILES string of the molecule is CCOCCOc1c(C(N)=O)sc2c1c(=O)[nH]c1ccccc12. The lowest BCUT2D eigenvalue weighted by atomic mass is 10.1. The number of thiophene rings is 1. The molecule has 2 aromatic heterocycles. The van der Waals surface area contributed by atoms with Crippen LogP contribution in [0.4, 0.5) is 0 Å². The summed E-state index contributed by atoms with van der Waals surface area (Å²) >= 11 is 1.18. The third kappa shape index (κ3) is 2.80. The van der Waals surface area contributed by atoms with Gasteiger partial charge in [-0.15, -0.1) is 11.3 Å². The Kier molecular flexibility index (Phi) is 4.31. The number of carbonyl (C=O) groups excluding carboxylic acids is 1. The lowest BCUT2D eigenvalue weighted by Gasteiger charge is -2.06. The number of aromatic amines is 1. The highest BCUT2D eigenvalue weighted by molar-refractivity contribution is 7.22. The van der Waals surface area contributed by atoms with E-state index in [-0.39, 0.29) is 22.8 Å². The molecule has 7 heteroatoms. The molecule has 2 heterocycles. The van der Waals surface area contributed by atoms with Crippen molar-refractivity contribution in [1.82, 2.24) is 4.98 Å². The fourth-order valence-corrected chi connectivity index (χ4v) is 3.57. The molecule has 23 heavy (non-hydrogen) atoms. The summed E-state index contributed by atoms with van der Waals surface area (Å²) in [5.41, 5.74) is 5.86. The number of hydrogen-bond acceptors (Lipinski definition) is 5. The van der Waals surface area contributed by atoms with E-state index in [0.29, 0.717) is 28.8 Å². The van der Waals surface area contributed by atoms with Gasteiger partial charge in [-0.3, -0.25) is 9.59 Å². The van der Waals surface area contributed by atoms with E-state index in [9.17, 15) is 9.59 Å². The van der Waals surface area contributed by atoms with Gasteiger partial charge in [0.1, 0.15) is 16.9 Å². The van der Waals surface area contributed by atoms with Crippen LogP contribution in [-0.2, 0) is 4.74 Å². The minimum Gasteiger partial charge on any atom is -0.489 e. The molecule has 6 nitrogen and oxygen atoms in total. The number of amides is 1. The predicted octanol–water partition coefficient (Wildman–Crippen LogP) is 2.26. The Morgan fingerprint density at radius 2 is 2.09 bits per heavy atom. The van der Waals surface area contributed by atoms with Crippen LogP contribution in [0.1, 0.15) is 16.6 Å². The molecule has 0 bridgehead atoms. The number of aromatic nitrogens is 1. The first-order valence-electron chi connectivity index (χ1n) is 7.21. The molecule has 0 unspecified atom stereocenters. The minimum absolute atomic E-state index is 0.240. The second-order valence-electron chi connectivity index (χ2n) is 4.87. The normalized spacial score (nSPS) is 11.2. The number of nitrogens with two attached hydrogens (primary N) is 1. The zero-order valence-electron chi connectivity index (χ0n) is 12.5. The number of para-hydroxylation sites is 1. The van der Waals surface area contributed by atoms with Gasteiger partial charge in [0.05, 0.1) is 11.3 Å². The van der Waals surface area contributed by atoms with E-state index in [1.807, 2.05) is 31.2 Å². The standard InChI is InChI=1S/C16H16N2O4S/c1-2-21-7-8-22-12-11-13(23-14(12)15(17)19)9-5-3-4-6-10(9)18-16(11)20/h3-6H,2,7-8H2,1H3,(H2,17,19)(H,18,20). The van der Waals surface area contributed by atoms with Crippen molar-refractivity contribution >= 4 is 38.2 Å². The topological polar surface area (TPSA) is 94.4 Å². The van der Waals surface area contributed by atoms with Gasteiger partial charge in [-0.25, -0.2) is 0 Å². The van der Waals surface area contributed by atoms with Crippen molar-refractivity contribution in [3.63, 3.8) is 0 Å². The zero-order valence-corrected chi connectivity index (χ0v) is 13.4. The number of primary amides is 1. The molecule has 0 fully saturated rings. The molecule has 0 aliphatic rings. The van der Waals surface area contributed by atoms with Crippen LogP contribution in [0.2, 0.25) is 0 Å². The third-order valence-electron chi connectivity index (χ3n) is 3.41. The number of benzene rings is 1. The van der Waals surface area contributed by atoms with Gasteiger partial charge in [-0.1, -0.05) is 18.2 Å². The maximum Gasteiger partial charge on any atom is 0.262 e. The molecular weight excluding hydrogens is 316 g/mol. The maximum atomic E-state index is 12.4. The van der Waals surface area contributed by atoms with Crippen LogP contribution in [0.5, 0.6) is 5.75 Å². The molecular formula is C16H16N2O4S. The first-order valence-corrected chi connectivity index (χ1v) is 8.03. The lowest BCUT2D eigenvalue weighted by Crippen LogP contribution is -2.14. The Hall–Kier alpha value is -2.38. The number of rotatable bonds is 6. The second-order valence-corrected chi connectivity index (χ2v) is 5.89. The molecule has 0 atom stereocenters. The van der Waals surface area contributed by atoms with Crippen molar-refractivity contribution in [1.29, 1.82) is 0 Å². The van der Waals surface area contributed by atoms with E-state index in [1.165, 1.54) is 11.3 Å². The average molecular weight is 332 g/mol. The first-order chi connectivity index (χ1) is 11.1. The van der Waals surface area contributed by atoms with Gasteiger partial charge in [0.25, 0.3) is 11.5 Å². The molecule has 0 aliphatic heterocycles. The van der Waals surface area contributed by atoms with Crippen LogP contribution >= 0.6 is 11.3 Å². The Labute approximate surface area is 135 Å². The van der Waals surface area contributed by atoms with Crippen molar-refractivity contribution < 1.29 is 14.3 Å². The molecule has 0 saturated carbocycles. The van der Waals surface area contributed by atoms with Crippen molar-refractivity contribution in [2.24, 2.45) is 5.73 Å². The number of hydrogen-bond donors (Lipinski definition) is 2. The molecule has 3 N–H and O–H groups in total. The summed E-state index contributed by atoms with van der Waals surface area (Å²) in [6, 6.07) is 7.42. The van der Waals surface area contributed by atoms with Crippen molar-refractivity contribution in [2.45, 2.75) is 6.92 Å². The molecule has 3 aromatic rings. The number of carbonyl (C=O) groups is 1. The van der Waals surface area contributed by atoms with Gasteiger partial charge in [0, 0.05) is 17.5 Å². The number of fused-ring (bicyclic) bond motifs is 3. The van der Waals surface area contributed by atoms with Crippen LogP contribution in [0.3, 0.4) is 0 Å². The maximum absolute atomic E-state index is 12.4. The van der Waals surface area contributed by atoms with E-state index in [2.05, 4.69) is 4.98 Å². The highest BCUT2D eigenvalue weighted by Gasteiger charge is 2.22. The smallest absolute Gasteiger partial charge is 0.262 e. The zero-order chi connectivity index (χ0) is 16.4. The second kappa shape index (κ2) is 6.39. The largest absolute Gasteiger partial charge is 0.489 e. The predicted molar refractivity (Wildman–Crippen MR) is 90.5 cm³/mol. The fraction of sp³-hybridized carbons (Fsp3) is 0.250. The van der Waals surface area contributed by atoms with E-state index in [4.69, 9.17) is 15.2 Å². The van der Waals surface area contributed by atoms with E-state index < -0.39 is 5.91 Å². The van der Waals surface area contributed by atoms with E-state index in [0.717, 1.165) is 5.39 Å². The van der Waals surface area contributed by atoms with Crippen LogP contribution in [0.15, 0.2) is 29.1 Å². The highest BCUT2D eigenvalue weighted by atomic mass is 32.1. The number of nitrogens with one attached hydrogen (secondary N) is 1. The van der Waals surface area contributed by atoms with Crippen LogP contribution in [-0.4, -0.2) is 30.7 Å². The average Bonchev–Trinajstić information content (AvgIpc) is 2.92. The van der Waals surface area contributed by atoms with Gasteiger partial charge < -0.3 is 20.2 Å². The summed E-state index contributed by atoms with van der Waals surface area (Å²) in [7, 11) is 0. The van der Waals surface area contributed by atoms with Crippen LogP contribution in [0.25, 0.3) is 21.0 Å². The van der Waals surface area contributed by atoms with Crippen molar-refractivity contribution in [3.05, 3.63) is 39.5 Å². The molecule has 0 saturated heterocycles.